The van der Waals surface area contributed by atoms with E-state index in [2.05, 4.69) is 31.4 Å². The van der Waals surface area contributed by atoms with Crippen molar-refractivity contribution in [2.75, 3.05) is 5.32 Å². The first-order valence-corrected chi connectivity index (χ1v) is 11.6. The number of nitro groups is 1. The first-order valence-electron chi connectivity index (χ1n) is 10.8. The Morgan fingerprint density at radius 3 is 2.69 bits per heavy atom. The molecule has 2 N–H and O–H groups in total. The van der Waals surface area contributed by atoms with Crippen molar-refractivity contribution in [2.45, 2.75) is 46.2 Å². The summed E-state index contributed by atoms with van der Waals surface area (Å²) < 4.78 is 5.95. The summed E-state index contributed by atoms with van der Waals surface area (Å²) in [6.45, 7) is 6.84. The number of nitrogens with zero attached hydrogens (tertiary/aromatic N) is 1. The summed E-state index contributed by atoms with van der Waals surface area (Å²) >= 11 is 1.67. The van der Waals surface area contributed by atoms with Gasteiger partial charge in [-0.1, -0.05) is 32.9 Å². The lowest BCUT2D eigenvalue weighted by Gasteiger charge is -2.34. The molecule has 166 valence electrons. The van der Waals surface area contributed by atoms with Gasteiger partial charge in [0.1, 0.15) is 16.5 Å². The van der Waals surface area contributed by atoms with Crippen molar-refractivity contribution in [3.05, 3.63) is 68.3 Å². The number of rotatable bonds is 3. The lowest BCUT2D eigenvalue weighted by Crippen LogP contribution is -2.38. The van der Waals surface area contributed by atoms with Crippen molar-refractivity contribution in [1.29, 1.82) is 0 Å². The van der Waals surface area contributed by atoms with Crippen molar-refractivity contribution in [2.24, 2.45) is 11.3 Å². The third-order valence-corrected chi connectivity index (χ3v) is 7.73. The highest BCUT2D eigenvalue weighted by atomic mass is 32.1. The molecule has 1 aliphatic heterocycles. The minimum atomic E-state index is -0.523. The fraction of sp³-hybridized carbons (Fsp3) is 0.375. The van der Waals surface area contributed by atoms with E-state index >= 15 is 0 Å². The predicted molar refractivity (Wildman–Crippen MR) is 124 cm³/mol. The maximum absolute atomic E-state index is 13.0. The summed E-state index contributed by atoms with van der Waals surface area (Å²) in [6, 6.07) is 9.92. The quantitative estimate of drug-likeness (QED) is 0.380. The van der Waals surface area contributed by atoms with Crippen LogP contribution in [0.25, 0.3) is 11.3 Å². The molecule has 0 unspecified atom stereocenters. The number of hydrogen-bond donors (Lipinski definition) is 2. The third kappa shape index (κ3) is 3.48. The summed E-state index contributed by atoms with van der Waals surface area (Å²) in [6.07, 6.45) is 2.49. The van der Waals surface area contributed by atoms with Gasteiger partial charge in [-0.15, -0.1) is 11.3 Å². The fourth-order valence-corrected chi connectivity index (χ4v) is 6.03. The van der Waals surface area contributed by atoms with Crippen LogP contribution in [0.4, 0.5) is 10.7 Å². The zero-order valence-corrected chi connectivity index (χ0v) is 19.0. The average molecular weight is 452 g/mol. The van der Waals surface area contributed by atoms with Gasteiger partial charge in [-0.2, -0.15) is 0 Å². The molecule has 0 saturated heterocycles. The largest absolute Gasteiger partial charge is 0.457 e. The van der Waals surface area contributed by atoms with Crippen LogP contribution in [0, 0.1) is 21.4 Å². The van der Waals surface area contributed by atoms with Crippen molar-refractivity contribution in [1.82, 2.24) is 5.32 Å². The van der Waals surface area contributed by atoms with E-state index < -0.39 is 11.1 Å². The van der Waals surface area contributed by atoms with E-state index in [4.69, 9.17) is 4.42 Å². The van der Waals surface area contributed by atoms with Crippen LogP contribution in [0.5, 0.6) is 0 Å². The van der Waals surface area contributed by atoms with Gasteiger partial charge in [0.15, 0.2) is 6.17 Å². The van der Waals surface area contributed by atoms with Gasteiger partial charge in [-0.05, 0) is 54.4 Å². The molecule has 5 rings (SSSR count). The molecule has 8 heteroatoms. The molecule has 0 radical (unpaired) electrons. The van der Waals surface area contributed by atoms with Crippen LogP contribution in [0.2, 0.25) is 0 Å². The maximum Gasteiger partial charge on any atom is 0.280 e. The van der Waals surface area contributed by atoms with Gasteiger partial charge in [-0.25, -0.2) is 0 Å². The number of carbonyl (C=O) groups excluding carboxylic acids is 1. The summed E-state index contributed by atoms with van der Waals surface area (Å²) in [7, 11) is 0. The maximum atomic E-state index is 13.0. The summed E-state index contributed by atoms with van der Waals surface area (Å²) in [5, 5.41) is 18.7. The Labute approximate surface area is 190 Å². The lowest BCUT2D eigenvalue weighted by molar-refractivity contribution is -0.384. The number of amides is 1. The number of thiophene rings is 1. The Kier molecular flexibility index (Phi) is 4.85. The number of nitrogens with one attached hydrogen (secondary N) is 2. The molecule has 0 saturated carbocycles. The molecular weight excluding hydrogens is 426 g/mol. The topological polar surface area (TPSA) is 97.4 Å². The molecule has 3 aromatic rings. The normalized spacial score (nSPS) is 20.2. The van der Waals surface area contributed by atoms with E-state index in [1.165, 1.54) is 16.5 Å². The van der Waals surface area contributed by atoms with Gasteiger partial charge in [0.25, 0.3) is 11.6 Å². The van der Waals surface area contributed by atoms with E-state index in [9.17, 15) is 14.9 Å². The molecule has 1 amide bonds. The lowest BCUT2D eigenvalue weighted by atomic mass is 9.72. The molecule has 32 heavy (non-hydrogen) atoms. The molecule has 1 aliphatic carbocycles. The van der Waals surface area contributed by atoms with Gasteiger partial charge >= 0.3 is 0 Å². The smallest absolute Gasteiger partial charge is 0.280 e. The van der Waals surface area contributed by atoms with Crippen molar-refractivity contribution >= 4 is 27.9 Å². The van der Waals surface area contributed by atoms with Crippen LogP contribution in [0.15, 0.2) is 40.8 Å². The molecule has 0 fully saturated rings. The average Bonchev–Trinajstić information content (AvgIpc) is 3.37. The van der Waals surface area contributed by atoms with Gasteiger partial charge in [0, 0.05) is 10.9 Å². The van der Waals surface area contributed by atoms with Gasteiger partial charge in [-0.3, -0.25) is 14.9 Å². The molecule has 7 nitrogen and oxygen atoms in total. The van der Waals surface area contributed by atoms with Crippen LogP contribution < -0.4 is 10.6 Å². The highest BCUT2D eigenvalue weighted by Gasteiger charge is 2.37. The Morgan fingerprint density at radius 1 is 1.16 bits per heavy atom. The van der Waals surface area contributed by atoms with Gasteiger partial charge in [0.05, 0.1) is 16.1 Å². The first-order chi connectivity index (χ1) is 15.2. The highest BCUT2D eigenvalue weighted by molar-refractivity contribution is 7.16. The SMILES string of the molecule is CC(C)(C)[C@H]1CCc2c(sc3c2C(=O)N[C@@H](c2ccc(-c4ccccc4[N+](=O)[O-])o2)N3)C1. The number of furan rings is 1. The van der Waals surface area contributed by atoms with E-state index in [1.807, 2.05) is 0 Å². The standard InChI is InChI=1S/C24H25N3O4S/c1-24(2,3)13-8-9-15-19(12-13)32-23-20(15)22(28)25-21(26-23)18-11-10-17(31-18)14-6-4-5-7-16(14)27(29)30/h4-7,10-11,13,21,26H,8-9,12H2,1-3H3,(H,25,28)/t13-,21+/m0/s1. The molecule has 2 aromatic heterocycles. The van der Waals surface area contributed by atoms with Crippen molar-refractivity contribution in [3.8, 4) is 11.3 Å². The van der Waals surface area contributed by atoms with E-state index in [-0.39, 0.29) is 17.0 Å². The van der Waals surface area contributed by atoms with Crippen molar-refractivity contribution in [3.63, 3.8) is 0 Å². The van der Waals surface area contributed by atoms with Crippen molar-refractivity contribution < 1.29 is 14.1 Å². The minimum Gasteiger partial charge on any atom is -0.457 e. The molecule has 2 aliphatic rings. The van der Waals surface area contributed by atoms with Crippen LogP contribution in [0.1, 0.15) is 59.9 Å². The Hall–Kier alpha value is -3.13. The van der Waals surface area contributed by atoms with Crippen LogP contribution >= 0.6 is 11.3 Å². The number of anilines is 1. The second kappa shape index (κ2) is 7.48. The molecule has 0 bridgehead atoms. The van der Waals surface area contributed by atoms with E-state index in [0.29, 0.717) is 23.0 Å². The number of fused-ring (bicyclic) bond motifs is 3. The number of hydrogen-bond acceptors (Lipinski definition) is 6. The van der Waals surface area contributed by atoms with Crippen LogP contribution in [-0.2, 0) is 12.8 Å². The Balaban J connectivity index is 1.43. The molecule has 3 heterocycles. The first kappa shape index (κ1) is 20.8. The highest BCUT2D eigenvalue weighted by Crippen LogP contribution is 2.46. The monoisotopic (exact) mass is 451 g/mol. The molecule has 2 atom stereocenters. The second-order valence-corrected chi connectivity index (χ2v) is 10.6. The van der Waals surface area contributed by atoms with Gasteiger partial charge in [0.2, 0.25) is 0 Å². The number of para-hydroxylation sites is 1. The summed E-state index contributed by atoms with van der Waals surface area (Å²) in [5.74, 6) is 1.41. The van der Waals surface area contributed by atoms with Gasteiger partial charge < -0.3 is 15.1 Å². The fourth-order valence-electron chi connectivity index (χ4n) is 4.67. The van der Waals surface area contributed by atoms with E-state index in [0.717, 1.165) is 29.8 Å². The zero-order chi connectivity index (χ0) is 22.6. The minimum absolute atomic E-state index is 0.0179. The number of nitro benzene ring substituents is 1. The third-order valence-electron chi connectivity index (χ3n) is 6.55. The second-order valence-electron chi connectivity index (χ2n) is 9.54. The number of carbonyl (C=O) groups is 1. The Bertz CT molecular complexity index is 1220. The Morgan fingerprint density at radius 2 is 1.94 bits per heavy atom. The molecule has 0 spiro atoms. The zero-order valence-electron chi connectivity index (χ0n) is 18.2. The van der Waals surface area contributed by atoms with Crippen LogP contribution in [-0.4, -0.2) is 10.8 Å². The molecular formula is C24H25N3O4S. The summed E-state index contributed by atoms with van der Waals surface area (Å²) in [5.41, 5.74) is 2.57. The number of benzene rings is 1. The van der Waals surface area contributed by atoms with Crippen LogP contribution in [0.3, 0.4) is 0 Å². The predicted octanol–water partition coefficient (Wildman–Crippen LogP) is 5.92. The van der Waals surface area contributed by atoms with E-state index in [1.54, 1.807) is 41.7 Å². The molecule has 1 aromatic carbocycles. The summed E-state index contributed by atoms with van der Waals surface area (Å²) in [4.78, 5) is 25.3.